The van der Waals surface area contributed by atoms with Crippen LogP contribution in [0.25, 0.3) is 11.3 Å². The number of hydrogen-bond acceptors (Lipinski definition) is 6. The number of nitrogens with zero attached hydrogens (tertiary/aromatic N) is 2. The molecule has 0 bridgehead atoms. The zero-order valence-corrected chi connectivity index (χ0v) is 20.0. The number of allylic oxidation sites excluding steroid dienone is 1. The summed E-state index contributed by atoms with van der Waals surface area (Å²) >= 11 is 10.7. The van der Waals surface area contributed by atoms with E-state index in [0.717, 1.165) is 16.2 Å². The van der Waals surface area contributed by atoms with Crippen molar-refractivity contribution in [2.45, 2.75) is 11.2 Å². The SMILES string of the molecule is N#CC1=C(N)S[C@@H]2C(=O)N(c3ccc(Br)cc3)C(=O)[C@H]2[C@@H]1c1ccc(-c2ccccc2Cl)o1. The van der Waals surface area contributed by atoms with Crippen LogP contribution in [0, 0.1) is 17.2 Å². The number of rotatable bonds is 3. The number of fused-ring (bicyclic) bond motifs is 1. The van der Waals surface area contributed by atoms with Gasteiger partial charge in [-0.25, -0.2) is 4.90 Å². The number of nitriles is 1. The van der Waals surface area contributed by atoms with Crippen molar-refractivity contribution in [1.29, 1.82) is 5.26 Å². The van der Waals surface area contributed by atoms with Gasteiger partial charge >= 0.3 is 0 Å². The largest absolute Gasteiger partial charge is 0.460 e. The van der Waals surface area contributed by atoms with E-state index in [1.165, 1.54) is 4.90 Å². The third kappa shape index (κ3) is 3.57. The second-order valence-electron chi connectivity index (χ2n) is 7.60. The third-order valence-electron chi connectivity index (χ3n) is 5.76. The summed E-state index contributed by atoms with van der Waals surface area (Å²) in [5, 5.41) is 9.85. The Labute approximate surface area is 207 Å². The number of anilines is 1. The number of nitrogens with two attached hydrogens (primary N) is 1. The van der Waals surface area contributed by atoms with E-state index in [-0.39, 0.29) is 22.4 Å². The monoisotopic (exact) mass is 539 g/mol. The number of hydrogen-bond donors (Lipinski definition) is 1. The minimum Gasteiger partial charge on any atom is -0.460 e. The Morgan fingerprint density at radius 3 is 2.48 bits per heavy atom. The number of imide groups is 1. The first kappa shape index (κ1) is 21.8. The molecular weight excluding hydrogens is 526 g/mol. The summed E-state index contributed by atoms with van der Waals surface area (Å²) in [4.78, 5) is 28.0. The van der Waals surface area contributed by atoms with Gasteiger partial charge in [-0.2, -0.15) is 5.26 Å². The highest BCUT2D eigenvalue weighted by Crippen LogP contribution is 2.51. The first-order valence-corrected chi connectivity index (χ1v) is 12.0. The van der Waals surface area contributed by atoms with Crippen molar-refractivity contribution in [1.82, 2.24) is 0 Å². The molecule has 3 aromatic rings. The highest BCUT2D eigenvalue weighted by molar-refractivity contribution is 9.10. The number of furan rings is 1. The molecule has 9 heteroatoms. The van der Waals surface area contributed by atoms with Crippen LogP contribution in [0.5, 0.6) is 0 Å². The molecule has 2 aliphatic heterocycles. The molecule has 5 rings (SSSR count). The fourth-order valence-corrected chi connectivity index (χ4v) is 5.95. The summed E-state index contributed by atoms with van der Waals surface area (Å²) in [5.74, 6) is -1.46. The molecule has 3 atom stereocenters. The van der Waals surface area contributed by atoms with Crippen molar-refractivity contribution in [3.63, 3.8) is 0 Å². The molecule has 2 N–H and O–H groups in total. The summed E-state index contributed by atoms with van der Waals surface area (Å²) in [7, 11) is 0. The maximum absolute atomic E-state index is 13.6. The molecule has 3 heterocycles. The Bertz CT molecular complexity index is 1360. The van der Waals surface area contributed by atoms with Crippen molar-refractivity contribution < 1.29 is 14.0 Å². The average molecular weight is 541 g/mol. The molecule has 1 fully saturated rings. The van der Waals surface area contributed by atoms with Crippen molar-refractivity contribution >= 4 is 56.8 Å². The lowest BCUT2D eigenvalue weighted by Gasteiger charge is -2.28. The zero-order chi connectivity index (χ0) is 23.3. The van der Waals surface area contributed by atoms with E-state index in [9.17, 15) is 14.9 Å². The first-order chi connectivity index (χ1) is 15.9. The van der Waals surface area contributed by atoms with Crippen molar-refractivity contribution in [2.75, 3.05) is 4.90 Å². The van der Waals surface area contributed by atoms with Gasteiger partial charge < -0.3 is 10.2 Å². The number of carbonyl (C=O) groups is 2. The lowest BCUT2D eigenvalue weighted by atomic mass is 9.82. The average Bonchev–Trinajstić information content (AvgIpc) is 3.37. The summed E-state index contributed by atoms with van der Waals surface area (Å²) < 4.78 is 6.93. The lowest BCUT2D eigenvalue weighted by Crippen LogP contribution is -2.33. The highest BCUT2D eigenvalue weighted by Gasteiger charge is 2.56. The first-order valence-electron chi connectivity index (χ1n) is 9.95. The van der Waals surface area contributed by atoms with Gasteiger partial charge in [0.2, 0.25) is 11.8 Å². The summed E-state index contributed by atoms with van der Waals surface area (Å²) in [6, 6.07) is 19.7. The van der Waals surface area contributed by atoms with E-state index in [4.69, 9.17) is 21.8 Å². The topological polar surface area (TPSA) is 100 Å². The molecule has 1 aromatic heterocycles. The van der Waals surface area contributed by atoms with Crippen LogP contribution in [-0.2, 0) is 9.59 Å². The number of amides is 2. The van der Waals surface area contributed by atoms with Crippen LogP contribution in [0.2, 0.25) is 5.02 Å². The molecule has 0 aliphatic carbocycles. The molecular formula is C24H15BrClN3O3S. The summed E-state index contributed by atoms with van der Waals surface area (Å²) in [5.41, 5.74) is 7.57. The smallest absolute Gasteiger partial charge is 0.248 e. The molecule has 6 nitrogen and oxygen atoms in total. The molecule has 0 saturated carbocycles. The highest BCUT2D eigenvalue weighted by atomic mass is 79.9. The summed E-state index contributed by atoms with van der Waals surface area (Å²) in [6.07, 6.45) is 0. The quantitative estimate of drug-likeness (QED) is 0.444. The van der Waals surface area contributed by atoms with Gasteiger partial charge in [0, 0.05) is 10.0 Å². The van der Waals surface area contributed by atoms with Gasteiger partial charge in [-0.3, -0.25) is 9.59 Å². The second-order valence-corrected chi connectivity index (χ2v) is 10.1. The standard InChI is InChI=1S/C24H15BrClN3O3S/c25-12-5-7-13(8-6-12)29-23(30)20-19(15(11-27)22(28)33-21(20)24(29)31)18-10-9-17(32-18)14-3-1-2-4-16(14)26/h1-10,19-21H,28H2/t19-,20-,21-/m0/s1. The second kappa shape index (κ2) is 8.41. The Balaban J connectivity index is 1.59. The minimum absolute atomic E-state index is 0.221. The zero-order valence-electron chi connectivity index (χ0n) is 16.9. The van der Waals surface area contributed by atoms with Gasteiger partial charge in [-0.1, -0.05) is 51.4 Å². The van der Waals surface area contributed by atoms with Crippen LogP contribution >= 0.6 is 39.3 Å². The van der Waals surface area contributed by atoms with Crippen LogP contribution in [-0.4, -0.2) is 17.1 Å². The van der Waals surface area contributed by atoms with Gasteiger partial charge in [0.1, 0.15) is 16.8 Å². The maximum atomic E-state index is 13.6. The number of benzene rings is 2. The van der Waals surface area contributed by atoms with Crippen molar-refractivity contribution in [2.24, 2.45) is 11.7 Å². The lowest BCUT2D eigenvalue weighted by molar-refractivity contribution is -0.122. The summed E-state index contributed by atoms with van der Waals surface area (Å²) in [6.45, 7) is 0. The van der Waals surface area contributed by atoms with Gasteiger partial charge in [-0.05, 0) is 48.5 Å². The van der Waals surface area contributed by atoms with E-state index in [1.54, 1.807) is 42.5 Å². The number of thioether (sulfide) groups is 1. The van der Waals surface area contributed by atoms with Crippen LogP contribution in [0.15, 0.2) is 80.2 Å². The Morgan fingerprint density at radius 2 is 1.79 bits per heavy atom. The molecule has 33 heavy (non-hydrogen) atoms. The maximum Gasteiger partial charge on any atom is 0.248 e. The molecule has 2 aromatic carbocycles. The Hall–Kier alpha value is -2.99. The molecule has 0 unspecified atom stereocenters. The normalized spacial score (nSPS) is 22.5. The van der Waals surface area contributed by atoms with Crippen LogP contribution < -0.4 is 10.6 Å². The minimum atomic E-state index is -0.821. The van der Waals surface area contributed by atoms with Gasteiger partial charge in [-0.15, -0.1) is 0 Å². The third-order valence-corrected chi connectivity index (χ3v) is 7.84. The van der Waals surface area contributed by atoms with Crippen molar-refractivity contribution in [3.05, 3.63) is 86.5 Å². The van der Waals surface area contributed by atoms with Crippen molar-refractivity contribution in [3.8, 4) is 17.4 Å². The predicted octanol–water partition coefficient (Wildman–Crippen LogP) is 5.44. The number of halogens is 2. The Kier molecular flexibility index (Phi) is 5.57. The number of carbonyl (C=O) groups excluding carboxylic acids is 2. The predicted molar refractivity (Wildman–Crippen MR) is 130 cm³/mol. The Morgan fingerprint density at radius 1 is 1.06 bits per heavy atom. The molecule has 1 saturated heterocycles. The van der Waals surface area contributed by atoms with Crippen LogP contribution in [0.1, 0.15) is 11.7 Å². The fraction of sp³-hybridized carbons (Fsp3) is 0.125. The molecule has 2 amide bonds. The van der Waals surface area contributed by atoms with E-state index in [0.29, 0.717) is 27.8 Å². The van der Waals surface area contributed by atoms with E-state index in [2.05, 4.69) is 22.0 Å². The molecule has 2 aliphatic rings. The van der Waals surface area contributed by atoms with E-state index < -0.39 is 17.1 Å². The molecule has 164 valence electrons. The van der Waals surface area contributed by atoms with Crippen LogP contribution in [0.4, 0.5) is 5.69 Å². The van der Waals surface area contributed by atoms with Gasteiger partial charge in [0.15, 0.2) is 0 Å². The molecule has 0 spiro atoms. The van der Waals surface area contributed by atoms with E-state index >= 15 is 0 Å². The van der Waals surface area contributed by atoms with Crippen LogP contribution in [0.3, 0.4) is 0 Å². The molecule has 0 radical (unpaired) electrons. The van der Waals surface area contributed by atoms with Gasteiger partial charge in [0.05, 0.1) is 39.2 Å². The van der Waals surface area contributed by atoms with Gasteiger partial charge in [0.25, 0.3) is 0 Å². The fourth-order valence-electron chi connectivity index (χ4n) is 4.26. The van der Waals surface area contributed by atoms with E-state index in [1.807, 2.05) is 18.2 Å².